The molecule has 1 atom stereocenters. The summed E-state index contributed by atoms with van der Waals surface area (Å²) in [7, 11) is 0. The van der Waals surface area contributed by atoms with Crippen molar-refractivity contribution < 1.29 is 4.79 Å². The second-order valence-electron chi connectivity index (χ2n) is 6.29. The lowest BCUT2D eigenvalue weighted by molar-refractivity contribution is -0.131. The van der Waals surface area contributed by atoms with Gasteiger partial charge < -0.3 is 16.0 Å². The van der Waals surface area contributed by atoms with Crippen LogP contribution < -0.4 is 16.0 Å². The maximum atomic E-state index is 12.7. The first-order chi connectivity index (χ1) is 10.6. The van der Waals surface area contributed by atoms with Crippen molar-refractivity contribution in [3.05, 3.63) is 30.3 Å². The largest absolute Gasteiger partial charge is 0.369 e. The van der Waals surface area contributed by atoms with Gasteiger partial charge in [0.1, 0.15) is 0 Å². The molecular weight excluding hydrogens is 345 g/mol. The Bertz CT molecular complexity index is 472. The van der Waals surface area contributed by atoms with Gasteiger partial charge in [-0.25, -0.2) is 0 Å². The van der Waals surface area contributed by atoms with Crippen molar-refractivity contribution in [2.75, 3.05) is 24.5 Å². The van der Waals surface area contributed by atoms with E-state index in [1.54, 1.807) is 0 Å². The highest BCUT2D eigenvalue weighted by atomic mass is 35.5. The van der Waals surface area contributed by atoms with Crippen molar-refractivity contribution in [3.63, 3.8) is 0 Å². The van der Waals surface area contributed by atoms with E-state index < -0.39 is 5.41 Å². The molecular formula is C18H31Cl2N3O. The summed E-state index contributed by atoms with van der Waals surface area (Å²) in [4.78, 5) is 15.0. The highest BCUT2D eigenvalue weighted by Crippen LogP contribution is 2.26. The van der Waals surface area contributed by atoms with Crippen LogP contribution in [-0.4, -0.2) is 31.6 Å². The molecule has 1 fully saturated rings. The molecule has 1 unspecified atom stereocenters. The first-order valence-corrected chi connectivity index (χ1v) is 8.46. The number of carbonyl (C=O) groups excluding carboxylic acids is 1. The molecule has 1 amide bonds. The van der Waals surface area contributed by atoms with Gasteiger partial charge in [-0.05, 0) is 37.8 Å². The van der Waals surface area contributed by atoms with Gasteiger partial charge in [-0.3, -0.25) is 4.79 Å². The van der Waals surface area contributed by atoms with E-state index in [2.05, 4.69) is 34.5 Å². The van der Waals surface area contributed by atoms with Crippen molar-refractivity contribution in [3.8, 4) is 0 Å². The van der Waals surface area contributed by atoms with Crippen LogP contribution in [0, 0.1) is 5.41 Å². The molecule has 1 saturated heterocycles. The first kappa shape index (κ1) is 23.0. The molecule has 3 N–H and O–H groups in total. The highest BCUT2D eigenvalue weighted by Gasteiger charge is 2.35. The average molecular weight is 376 g/mol. The monoisotopic (exact) mass is 375 g/mol. The summed E-state index contributed by atoms with van der Waals surface area (Å²) >= 11 is 0. The molecule has 0 saturated carbocycles. The van der Waals surface area contributed by atoms with Crippen molar-refractivity contribution in [1.82, 2.24) is 5.32 Å². The topological polar surface area (TPSA) is 58.4 Å². The van der Waals surface area contributed by atoms with E-state index in [9.17, 15) is 4.79 Å². The maximum Gasteiger partial charge on any atom is 0.227 e. The predicted molar refractivity (Wildman–Crippen MR) is 106 cm³/mol. The third-order valence-electron chi connectivity index (χ3n) is 5.10. The lowest BCUT2D eigenvalue weighted by Crippen LogP contribution is -2.53. The van der Waals surface area contributed by atoms with Crippen LogP contribution in [0.3, 0.4) is 0 Å². The van der Waals surface area contributed by atoms with Gasteiger partial charge >= 0.3 is 0 Å². The third kappa shape index (κ3) is 5.27. The molecule has 1 heterocycles. The zero-order chi connectivity index (χ0) is 16.0. The third-order valence-corrected chi connectivity index (χ3v) is 5.10. The molecule has 0 radical (unpaired) electrons. The summed E-state index contributed by atoms with van der Waals surface area (Å²) in [5.41, 5.74) is 6.71. The van der Waals surface area contributed by atoms with Crippen LogP contribution in [0.1, 0.15) is 39.5 Å². The molecule has 1 aliphatic rings. The molecule has 0 aliphatic carbocycles. The molecule has 4 nitrogen and oxygen atoms in total. The second-order valence-corrected chi connectivity index (χ2v) is 6.29. The first-order valence-electron chi connectivity index (χ1n) is 8.46. The van der Waals surface area contributed by atoms with Crippen LogP contribution >= 0.6 is 24.8 Å². The van der Waals surface area contributed by atoms with E-state index in [0.29, 0.717) is 6.54 Å². The number of carbonyl (C=O) groups is 1. The van der Waals surface area contributed by atoms with Gasteiger partial charge in [0, 0.05) is 31.4 Å². The number of nitrogens with zero attached hydrogens (tertiary/aromatic N) is 1. The minimum absolute atomic E-state index is 0. The van der Waals surface area contributed by atoms with E-state index in [4.69, 9.17) is 5.73 Å². The van der Waals surface area contributed by atoms with E-state index in [0.717, 1.165) is 38.8 Å². The van der Waals surface area contributed by atoms with Gasteiger partial charge in [0.05, 0.1) is 5.41 Å². The number of para-hydroxylation sites is 1. The van der Waals surface area contributed by atoms with Gasteiger partial charge in [-0.2, -0.15) is 0 Å². The standard InChI is InChI=1S/C18H29N3O.2ClH/c1-3-18(4-2,14-19)17(22)20-15-9-8-12-21(13-15)16-10-6-5-7-11-16;;/h5-7,10-11,15H,3-4,8-9,12-14,19H2,1-2H3,(H,20,22);2*1H. The zero-order valence-electron chi connectivity index (χ0n) is 14.7. The Kier molecular flexibility index (Phi) is 10.4. The fourth-order valence-electron chi connectivity index (χ4n) is 3.26. The Morgan fingerprint density at radius 2 is 1.88 bits per heavy atom. The maximum absolute atomic E-state index is 12.7. The van der Waals surface area contributed by atoms with Crippen LogP contribution in [0.4, 0.5) is 5.69 Å². The Balaban J connectivity index is 0.00000264. The Morgan fingerprint density at radius 3 is 2.42 bits per heavy atom. The van der Waals surface area contributed by atoms with Crippen LogP contribution in [0.15, 0.2) is 30.3 Å². The molecule has 24 heavy (non-hydrogen) atoms. The number of hydrogen-bond donors (Lipinski definition) is 2. The molecule has 1 aromatic rings. The Morgan fingerprint density at radius 1 is 1.25 bits per heavy atom. The van der Waals surface area contributed by atoms with Crippen molar-refractivity contribution in [2.45, 2.75) is 45.6 Å². The van der Waals surface area contributed by atoms with Gasteiger partial charge in [0.15, 0.2) is 0 Å². The minimum atomic E-state index is -0.408. The molecule has 2 rings (SSSR count). The van der Waals surface area contributed by atoms with Crippen LogP contribution in [-0.2, 0) is 4.79 Å². The summed E-state index contributed by atoms with van der Waals surface area (Å²) in [5, 5.41) is 3.25. The van der Waals surface area contributed by atoms with Gasteiger partial charge in [-0.1, -0.05) is 32.0 Å². The number of anilines is 1. The summed E-state index contributed by atoms with van der Waals surface area (Å²) < 4.78 is 0. The van der Waals surface area contributed by atoms with E-state index >= 15 is 0 Å². The SMILES string of the molecule is CCC(CC)(CN)C(=O)NC1CCCN(c2ccccc2)C1.Cl.Cl. The fourth-order valence-corrected chi connectivity index (χ4v) is 3.26. The Hall–Kier alpha value is -0.970. The van der Waals surface area contributed by atoms with Crippen LogP contribution in [0.2, 0.25) is 0 Å². The smallest absolute Gasteiger partial charge is 0.227 e. The fraction of sp³-hybridized carbons (Fsp3) is 0.611. The number of piperidine rings is 1. The van der Waals surface area contributed by atoms with E-state index in [1.807, 2.05) is 19.9 Å². The number of benzene rings is 1. The molecule has 0 aromatic heterocycles. The summed E-state index contributed by atoms with van der Waals surface area (Å²) in [5.74, 6) is 0.125. The van der Waals surface area contributed by atoms with Crippen molar-refractivity contribution in [1.29, 1.82) is 0 Å². The van der Waals surface area contributed by atoms with E-state index in [1.165, 1.54) is 5.69 Å². The molecule has 0 bridgehead atoms. The predicted octanol–water partition coefficient (Wildman–Crippen LogP) is 3.38. The molecule has 1 aliphatic heterocycles. The number of rotatable bonds is 6. The average Bonchev–Trinajstić information content (AvgIpc) is 2.58. The number of amides is 1. The summed E-state index contributed by atoms with van der Waals surface area (Å²) in [6.45, 7) is 6.45. The van der Waals surface area contributed by atoms with Gasteiger partial charge in [0.2, 0.25) is 5.91 Å². The van der Waals surface area contributed by atoms with Gasteiger partial charge in [-0.15, -0.1) is 24.8 Å². The quantitative estimate of drug-likeness (QED) is 0.800. The highest BCUT2D eigenvalue weighted by molar-refractivity contribution is 5.85. The van der Waals surface area contributed by atoms with Crippen LogP contribution in [0.25, 0.3) is 0 Å². The molecule has 6 heteroatoms. The normalized spacial score (nSPS) is 17.5. The van der Waals surface area contributed by atoms with Crippen LogP contribution in [0.5, 0.6) is 0 Å². The van der Waals surface area contributed by atoms with Crippen molar-refractivity contribution >= 4 is 36.4 Å². The van der Waals surface area contributed by atoms with Crippen molar-refractivity contribution in [2.24, 2.45) is 11.1 Å². The number of nitrogens with one attached hydrogen (secondary N) is 1. The summed E-state index contributed by atoms with van der Waals surface area (Å²) in [6, 6.07) is 10.6. The molecule has 0 spiro atoms. The Labute approximate surface area is 158 Å². The molecule has 138 valence electrons. The minimum Gasteiger partial charge on any atom is -0.369 e. The second kappa shape index (κ2) is 10.8. The zero-order valence-corrected chi connectivity index (χ0v) is 16.3. The summed E-state index contributed by atoms with van der Waals surface area (Å²) in [6.07, 6.45) is 3.73. The number of hydrogen-bond acceptors (Lipinski definition) is 3. The van der Waals surface area contributed by atoms with E-state index in [-0.39, 0.29) is 36.8 Å². The van der Waals surface area contributed by atoms with Gasteiger partial charge in [0.25, 0.3) is 0 Å². The number of nitrogens with two attached hydrogens (primary N) is 1. The molecule has 1 aromatic carbocycles. The lowest BCUT2D eigenvalue weighted by atomic mass is 9.81. The lowest BCUT2D eigenvalue weighted by Gasteiger charge is -2.37. The number of halogens is 2.